The molecule has 0 aliphatic heterocycles. The Morgan fingerprint density at radius 3 is 2.27 bits per heavy atom. The van der Waals surface area contributed by atoms with Gasteiger partial charge in [-0.1, -0.05) is 18.2 Å². The Balaban J connectivity index is 1.80. The molecule has 22 heavy (non-hydrogen) atoms. The number of carbonyl (C=O) groups is 2. The monoisotopic (exact) mass is 332 g/mol. The number of hydrogen-bond donors (Lipinski definition) is 4. The van der Waals surface area contributed by atoms with E-state index in [4.69, 9.17) is 0 Å². The van der Waals surface area contributed by atoms with Gasteiger partial charge in [-0.15, -0.1) is 25.3 Å². The number of rotatable bonds is 4. The minimum atomic E-state index is -0.693. The highest BCUT2D eigenvalue weighted by atomic mass is 32.1. The maximum absolute atomic E-state index is 11.8. The molecule has 0 unspecified atom stereocenters. The van der Waals surface area contributed by atoms with Crippen LogP contribution in [0.5, 0.6) is 0 Å². The molecule has 2 amide bonds. The second-order valence-electron chi connectivity index (χ2n) is 4.68. The van der Waals surface area contributed by atoms with Crippen molar-refractivity contribution in [2.24, 2.45) is 0 Å². The molecule has 0 fully saturated rings. The van der Waals surface area contributed by atoms with Crippen molar-refractivity contribution in [3.05, 3.63) is 54.1 Å². The van der Waals surface area contributed by atoms with Crippen LogP contribution >= 0.6 is 25.3 Å². The van der Waals surface area contributed by atoms with E-state index < -0.39 is 11.8 Å². The molecule has 6 heteroatoms. The fourth-order valence-corrected chi connectivity index (χ4v) is 2.36. The van der Waals surface area contributed by atoms with Crippen LogP contribution in [0, 0.1) is 0 Å². The molecule has 0 atom stereocenters. The lowest BCUT2D eigenvalue weighted by Gasteiger charge is -2.07. The van der Waals surface area contributed by atoms with E-state index in [9.17, 15) is 9.59 Å². The third-order valence-corrected chi connectivity index (χ3v) is 3.48. The number of nitrogens with one attached hydrogen (secondary N) is 2. The number of benzene rings is 2. The summed E-state index contributed by atoms with van der Waals surface area (Å²) in [6, 6.07) is 14.6. The minimum absolute atomic E-state index is 0.385. The van der Waals surface area contributed by atoms with E-state index in [1.54, 1.807) is 24.3 Å². The molecular weight excluding hydrogens is 316 g/mol. The van der Waals surface area contributed by atoms with Crippen molar-refractivity contribution in [3.63, 3.8) is 0 Å². The number of thiol groups is 2. The SMILES string of the molecule is O=C(NCCc1cccc(S)c1)C(=O)Nc1cccc(S)c1. The molecule has 0 radical (unpaired) electrons. The van der Waals surface area contributed by atoms with Crippen molar-refractivity contribution in [1.82, 2.24) is 5.32 Å². The van der Waals surface area contributed by atoms with E-state index in [-0.39, 0.29) is 0 Å². The van der Waals surface area contributed by atoms with Crippen molar-refractivity contribution >= 4 is 42.8 Å². The Morgan fingerprint density at radius 2 is 1.59 bits per heavy atom. The van der Waals surface area contributed by atoms with Crippen LogP contribution in [0.15, 0.2) is 58.3 Å². The molecule has 2 aromatic rings. The van der Waals surface area contributed by atoms with Gasteiger partial charge in [0.2, 0.25) is 0 Å². The van der Waals surface area contributed by atoms with Gasteiger partial charge in [0.25, 0.3) is 0 Å². The molecule has 0 aliphatic carbocycles. The predicted molar refractivity (Wildman–Crippen MR) is 92.7 cm³/mol. The van der Waals surface area contributed by atoms with Gasteiger partial charge >= 0.3 is 11.8 Å². The van der Waals surface area contributed by atoms with E-state index in [1.807, 2.05) is 24.3 Å². The first-order valence-electron chi connectivity index (χ1n) is 6.71. The van der Waals surface area contributed by atoms with Gasteiger partial charge in [-0.2, -0.15) is 0 Å². The molecule has 2 N–H and O–H groups in total. The predicted octanol–water partition coefficient (Wildman–Crippen LogP) is 2.56. The smallest absolute Gasteiger partial charge is 0.313 e. The average Bonchev–Trinajstić information content (AvgIpc) is 2.47. The zero-order valence-corrected chi connectivity index (χ0v) is 13.5. The Morgan fingerprint density at radius 1 is 0.909 bits per heavy atom. The summed E-state index contributed by atoms with van der Waals surface area (Å²) in [6.45, 7) is 0.385. The van der Waals surface area contributed by atoms with Gasteiger partial charge in [0.05, 0.1) is 0 Å². The van der Waals surface area contributed by atoms with E-state index in [2.05, 4.69) is 35.9 Å². The van der Waals surface area contributed by atoms with Gasteiger partial charge in [0.15, 0.2) is 0 Å². The summed E-state index contributed by atoms with van der Waals surface area (Å²) in [5.41, 5.74) is 1.59. The Hall–Kier alpha value is -1.92. The first kappa shape index (κ1) is 16.5. The molecule has 2 rings (SSSR count). The van der Waals surface area contributed by atoms with Gasteiger partial charge in [-0.3, -0.25) is 9.59 Å². The van der Waals surface area contributed by atoms with Gasteiger partial charge in [0.1, 0.15) is 0 Å². The molecule has 0 bridgehead atoms. The molecule has 0 spiro atoms. The maximum Gasteiger partial charge on any atom is 0.313 e. The van der Waals surface area contributed by atoms with Crippen molar-refractivity contribution in [3.8, 4) is 0 Å². The first-order valence-corrected chi connectivity index (χ1v) is 7.60. The van der Waals surface area contributed by atoms with Crippen LogP contribution < -0.4 is 10.6 Å². The second kappa shape index (κ2) is 7.91. The van der Waals surface area contributed by atoms with Gasteiger partial charge in [-0.25, -0.2) is 0 Å². The van der Waals surface area contributed by atoms with Crippen LogP contribution in [-0.4, -0.2) is 18.4 Å². The normalized spacial score (nSPS) is 10.1. The van der Waals surface area contributed by atoms with Crippen LogP contribution in [-0.2, 0) is 16.0 Å². The molecule has 0 heterocycles. The summed E-state index contributed by atoms with van der Waals surface area (Å²) in [7, 11) is 0. The summed E-state index contributed by atoms with van der Waals surface area (Å²) in [4.78, 5) is 25.1. The van der Waals surface area contributed by atoms with Gasteiger partial charge < -0.3 is 10.6 Å². The van der Waals surface area contributed by atoms with Crippen LogP contribution in [0.4, 0.5) is 5.69 Å². The number of amides is 2. The van der Waals surface area contributed by atoms with Crippen molar-refractivity contribution < 1.29 is 9.59 Å². The fourth-order valence-electron chi connectivity index (χ4n) is 1.88. The van der Waals surface area contributed by atoms with Crippen LogP contribution in [0.2, 0.25) is 0 Å². The number of anilines is 1. The Bertz CT molecular complexity index is 689. The highest BCUT2D eigenvalue weighted by Gasteiger charge is 2.13. The molecular formula is C16H16N2O2S2. The van der Waals surface area contributed by atoms with E-state index in [1.165, 1.54) is 0 Å². The van der Waals surface area contributed by atoms with Crippen LogP contribution in [0.25, 0.3) is 0 Å². The molecule has 114 valence electrons. The number of hydrogen-bond acceptors (Lipinski definition) is 4. The molecule has 0 aliphatic rings. The molecule has 0 saturated carbocycles. The van der Waals surface area contributed by atoms with Crippen LogP contribution in [0.1, 0.15) is 5.56 Å². The lowest BCUT2D eigenvalue weighted by Crippen LogP contribution is -2.36. The molecule has 0 aromatic heterocycles. The molecule has 0 saturated heterocycles. The molecule has 4 nitrogen and oxygen atoms in total. The standard InChI is InChI=1S/C16H16N2O2S2/c19-15(16(20)18-12-4-2-6-14(22)10-12)17-8-7-11-3-1-5-13(21)9-11/h1-6,9-10,21-22H,7-8H2,(H,17,19)(H,18,20). The fraction of sp³-hybridized carbons (Fsp3) is 0.125. The Labute approximate surface area is 140 Å². The largest absolute Gasteiger partial charge is 0.347 e. The maximum atomic E-state index is 11.8. The summed E-state index contributed by atoms with van der Waals surface area (Å²) in [5.74, 6) is -1.35. The highest BCUT2D eigenvalue weighted by molar-refractivity contribution is 7.80. The van der Waals surface area contributed by atoms with Crippen molar-refractivity contribution in [2.75, 3.05) is 11.9 Å². The first-order chi connectivity index (χ1) is 10.5. The average molecular weight is 332 g/mol. The zero-order chi connectivity index (χ0) is 15.9. The Kier molecular flexibility index (Phi) is 5.91. The van der Waals surface area contributed by atoms with Crippen LogP contribution in [0.3, 0.4) is 0 Å². The minimum Gasteiger partial charge on any atom is -0.347 e. The third-order valence-electron chi connectivity index (χ3n) is 2.92. The quantitative estimate of drug-likeness (QED) is 0.514. The summed E-state index contributed by atoms with van der Waals surface area (Å²) >= 11 is 8.43. The second-order valence-corrected chi connectivity index (χ2v) is 5.71. The van der Waals surface area contributed by atoms with Gasteiger partial charge in [-0.05, 0) is 42.3 Å². The highest BCUT2D eigenvalue weighted by Crippen LogP contribution is 2.13. The zero-order valence-electron chi connectivity index (χ0n) is 11.7. The summed E-state index contributed by atoms with van der Waals surface area (Å²) < 4.78 is 0. The van der Waals surface area contributed by atoms with E-state index in [0.29, 0.717) is 23.5 Å². The van der Waals surface area contributed by atoms with Crippen molar-refractivity contribution in [1.29, 1.82) is 0 Å². The van der Waals surface area contributed by atoms with E-state index in [0.717, 1.165) is 10.5 Å². The van der Waals surface area contributed by atoms with Crippen molar-refractivity contribution in [2.45, 2.75) is 16.2 Å². The number of carbonyl (C=O) groups excluding carboxylic acids is 2. The topological polar surface area (TPSA) is 58.2 Å². The summed E-state index contributed by atoms with van der Waals surface area (Å²) in [5, 5.41) is 5.12. The lowest BCUT2D eigenvalue weighted by atomic mass is 10.1. The molecule has 2 aromatic carbocycles. The van der Waals surface area contributed by atoms with Gasteiger partial charge in [0, 0.05) is 22.0 Å². The summed E-state index contributed by atoms with van der Waals surface area (Å²) in [6.07, 6.45) is 0.638. The van der Waals surface area contributed by atoms with E-state index >= 15 is 0 Å². The third kappa shape index (κ3) is 5.13. The lowest BCUT2D eigenvalue weighted by molar-refractivity contribution is -0.136.